The molecule has 0 radical (unpaired) electrons. The molecule has 0 spiro atoms. The van der Waals surface area contributed by atoms with Crippen molar-refractivity contribution in [1.29, 1.82) is 0 Å². The van der Waals surface area contributed by atoms with Gasteiger partial charge in [0.2, 0.25) is 0 Å². The fourth-order valence-electron chi connectivity index (χ4n) is 3.29. The molecular formula is C24H39BO9. The number of ether oxygens (including phenoxy) is 7. The summed E-state index contributed by atoms with van der Waals surface area (Å²) < 4.78 is 51.9. The summed E-state index contributed by atoms with van der Waals surface area (Å²) in [5, 5.41) is 0. The van der Waals surface area contributed by atoms with Gasteiger partial charge in [-0.3, -0.25) is 0 Å². The van der Waals surface area contributed by atoms with Crippen LogP contribution in [0.15, 0.2) is 18.2 Å². The Morgan fingerprint density at radius 2 is 0.912 bits per heavy atom. The molecule has 192 valence electrons. The summed E-state index contributed by atoms with van der Waals surface area (Å²) in [4.78, 5) is 0. The Kier molecular flexibility index (Phi) is 10.9. The van der Waals surface area contributed by atoms with Crippen LogP contribution in [0.25, 0.3) is 0 Å². The SMILES string of the molecule is CC1(C)OB(c2ccc3c(c2)OCCOCCOCCOCCOCCOCCO3)OC1(C)C. The molecule has 0 bridgehead atoms. The van der Waals surface area contributed by atoms with Gasteiger partial charge in [0.15, 0.2) is 11.5 Å². The first-order valence-corrected chi connectivity index (χ1v) is 12.0. The maximum absolute atomic E-state index is 6.19. The first-order chi connectivity index (χ1) is 16.4. The van der Waals surface area contributed by atoms with Crippen LogP contribution >= 0.6 is 0 Å². The van der Waals surface area contributed by atoms with Crippen LogP contribution in [0, 0.1) is 0 Å². The van der Waals surface area contributed by atoms with Gasteiger partial charge in [0.05, 0.1) is 77.3 Å². The second-order valence-corrected chi connectivity index (χ2v) is 9.05. The van der Waals surface area contributed by atoms with Crippen LogP contribution in [-0.2, 0) is 33.0 Å². The normalized spacial score (nSPS) is 23.7. The fourth-order valence-corrected chi connectivity index (χ4v) is 3.29. The summed E-state index contributed by atoms with van der Waals surface area (Å²) >= 11 is 0. The molecule has 9 nitrogen and oxygen atoms in total. The summed E-state index contributed by atoms with van der Waals surface area (Å²) in [5.41, 5.74) is 0.0313. The highest BCUT2D eigenvalue weighted by molar-refractivity contribution is 6.62. The van der Waals surface area contributed by atoms with Crippen molar-refractivity contribution in [2.45, 2.75) is 38.9 Å². The molecule has 2 aliphatic heterocycles. The van der Waals surface area contributed by atoms with E-state index in [4.69, 9.17) is 42.5 Å². The summed E-state index contributed by atoms with van der Waals surface area (Å²) in [6, 6.07) is 5.73. The maximum atomic E-state index is 6.19. The highest BCUT2D eigenvalue weighted by atomic mass is 16.7. The molecule has 1 aromatic carbocycles. The van der Waals surface area contributed by atoms with Gasteiger partial charge in [-0.05, 0) is 45.3 Å². The predicted octanol–water partition coefficient (Wildman–Crippen LogP) is 1.84. The van der Waals surface area contributed by atoms with Crippen LogP contribution in [0.1, 0.15) is 27.7 Å². The molecule has 2 heterocycles. The van der Waals surface area contributed by atoms with Crippen LogP contribution < -0.4 is 14.9 Å². The van der Waals surface area contributed by atoms with E-state index in [1.165, 1.54) is 0 Å². The molecular weight excluding hydrogens is 443 g/mol. The number of hydrogen-bond acceptors (Lipinski definition) is 9. The second kappa shape index (κ2) is 13.6. The van der Waals surface area contributed by atoms with Crippen molar-refractivity contribution in [2.75, 3.05) is 79.3 Å². The highest BCUT2D eigenvalue weighted by Gasteiger charge is 2.51. The molecule has 10 heteroatoms. The van der Waals surface area contributed by atoms with Crippen LogP contribution in [-0.4, -0.2) is 97.6 Å². The van der Waals surface area contributed by atoms with E-state index in [9.17, 15) is 0 Å². The van der Waals surface area contributed by atoms with Gasteiger partial charge in [-0.1, -0.05) is 6.07 Å². The Hall–Kier alpha value is -1.40. The lowest BCUT2D eigenvalue weighted by Crippen LogP contribution is -2.41. The molecule has 0 aromatic heterocycles. The van der Waals surface area contributed by atoms with Crippen LogP contribution in [0.4, 0.5) is 0 Å². The van der Waals surface area contributed by atoms with Gasteiger partial charge < -0.3 is 42.5 Å². The molecule has 1 saturated heterocycles. The lowest BCUT2D eigenvalue weighted by molar-refractivity contribution is -0.0134. The first-order valence-electron chi connectivity index (χ1n) is 12.0. The van der Waals surface area contributed by atoms with E-state index in [1.54, 1.807) is 0 Å². The molecule has 1 fully saturated rings. The smallest absolute Gasteiger partial charge is 0.487 e. The lowest BCUT2D eigenvalue weighted by Gasteiger charge is -2.32. The minimum atomic E-state index is -0.482. The van der Waals surface area contributed by atoms with Gasteiger partial charge >= 0.3 is 7.12 Å². The van der Waals surface area contributed by atoms with Crippen molar-refractivity contribution >= 4 is 12.6 Å². The molecule has 0 saturated carbocycles. The zero-order valence-corrected chi connectivity index (χ0v) is 21.0. The minimum absolute atomic E-state index is 0.375. The zero-order chi connectivity index (χ0) is 24.3. The molecule has 34 heavy (non-hydrogen) atoms. The third-order valence-electron chi connectivity index (χ3n) is 5.95. The van der Waals surface area contributed by atoms with Crippen molar-refractivity contribution in [3.63, 3.8) is 0 Å². The zero-order valence-electron chi connectivity index (χ0n) is 21.0. The predicted molar refractivity (Wildman–Crippen MR) is 127 cm³/mol. The quantitative estimate of drug-likeness (QED) is 0.557. The van der Waals surface area contributed by atoms with Crippen molar-refractivity contribution in [3.05, 3.63) is 18.2 Å². The standard InChI is InChI=1S/C24H39BO9/c1-23(2)24(3,4)34-25(33-23)20-5-6-21-22(19-20)32-18-16-30-14-12-28-10-8-26-7-9-27-11-13-29-15-17-31-21/h5-6,19H,7-18H2,1-4H3. The van der Waals surface area contributed by atoms with Crippen molar-refractivity contribution in [3.8, 4) is 11.5 Å². The molecule has 3 rings (SSSR count). The van der Waals surface area contributed by atoms with Crippen molar-refractivity contribution in [1.82, 2.24) is 0 Å². The van der Waals surface area contributed by atoms with E-state index < -0.39 is 18.3 Å². The van der Waals surface area contributed by atoms with Gasteiger partial charge in [0, 0.05) is 0 Å². The third kappa shape index (κ3) is 8.37. The third-order valence-corrected chi connectivity index (χ3v) is 5.95. The van der Waals surface area contributed by atoms with Gasteiger partial charge in [-0.25, -0.2) is 0 Å². The van der Waals surface area contributed by atoms with E-state index in [-0.39, 0.29) is 0 Å². The van der Waals surface area contributed by atoms with Gasteiger partial charge in [-0.15, -0.1) is 0 Å². The van der Waals surface area contributed by atoms with Crippen LogP contribution in [0.2, 0.25) is 0 Å². The Balaban J connectivity index is 1.60. The first kappa shape index (κ1) is 27.2. The van der Waals surface area contributed by atoms with Crippen molar-refractivity contribution in [2.24, 2.45) is 0 Å². The summed E-state index contributed by atoms with van der Waals surface area (Å²) in [6.07, 6.45) is 0. The number of rotatable bonds is 1. The Morgan fingerprint density at radius 1 is 0.529 bits per heavy atom. The van der Waals surface area contributed by atoms with Crippen LogP contribution in [0.3, 0.4) is 0 Å². The van der Waals surface area contributed by atoms with E-state index >= 15 is 0 Å². The number of benzene rings is 1. The average Bonchev–Trinajstić information content (AvgIpc) is 3.02. The van der Waals surface area contributed by atoms with Gasteiger partial charge in [0.25, 0.3) is 0 Å². The minimum Gasteiger partial charge on any atom is -0.487 e. The number of fused-ring (bicyclic) bond motifs is 1. The maximum Gasteiger partial charge on any atom is 0.494 e. The largest absolute Gasteiger partial charge is 0.494 e. The van der Waals surface area contributed by atoms with Gasteiger partial charge in [-0.2, -0.15) is 0 Å². The fraction of sp³-hybridized carbons (Fsp3) is 0.750. The molecule has 1 aromatic rings. The summed E-state index contributed by atoms with van der Waals surface area (Å²) in [6.45, 7) is 13.9. The molecule has 0 amide bonds. The van der Waals surface area contributed by atoms with E-state index in [2.05, 4.69) is 0 Å². The van der Waals surface area contributed by atoms with E-state index in [0.717, 1.165) is 5.46 Å². The molecule has 0 unspecified atom stereocenters. The summed E-state index contributed by atoms with van der Waals surface area (Å²) in [7, 11) is -0.482. The molecule has 2 aliphatic rings. The molecule has 0 N–H and O–H groups in total. The van der Waals surface area contributed by atoms with Crippen molar-refractivity contribution < 1.29 is 42.5 Å². The van der Waals surface area contributed by atoms with Crippen LogP contribution in [0.5, 0.6) is 11.5 Å². The summed E-state index contributed by atoms with van der Waals surface area (Å²) in [5.74, 6) is 1.24. The van der Waals surface area contributed by atoms with Gasteiger partial charge in [0.1, 0.15) is 13.2 Å². The second-order valence-electron chi connectivity index (χ2n) is 9.05. The monoisotopic (exact) mass is 482 g/mol. The average molecular weight is 482 g/mol. The Bertz CT molecular complexity index is 712. The molecule has 0 atom stereocenters. The lowest BCUT2D eigenvalue weighted by atomic mass is 9.79. The molecule has 0 aliphatic carbocycles. The van der Waals surface area contributed by atoms with E-state index in [0.29, 0.717) is 90.8 Å². The number of hydrogen-bond donors (Lipinski definition) is 0. The highest BCUT2D eigenvalue weighted by Crippen LogP contribution is 2.37. The Morgan fingerprint density at radius 3 is 1.35 bits per heavy atom. The topological polar surface area (TPSA) is 83.1 Å². The Labute approximate surface area is 203 Å². The van der Waals surface area contributed by atoms with E-state index in [1.807, 2.05) is 45.9 Å².